The minimum Gasteiger partial charge on any atom is -0.507 e. The maximum Gasteiger partial charge on any atom is 0.177 e. The van der Waals surface area contributed by atoms with Crippen LogP contribution in [0.1, 0.15) is 32.0 Å². The number of aliphatic imine (C=N–C) groups is 1. The van der Waals surface area contributed by atoms with Gasteiger partial charge in [0.05, 0.1) is 11.3 Å². The highest BCUT2D eigenvalue weighted by Gasteiger charge is 2.21. The number of phenols is 1. The number of H-pyrrole nitrogens is 1. The SMILES string of the molecule is C=Cc1[nH]c(-c2cccc(C(C)(C)C)c2O)nc1N=C. The molecular formula is C16H19N3O. The fourth-order valence-corrected chi connectivity index (χ4v) is 2.11. The molecule has 0 aliphatic heterocycles. The summed E-state index contributed by atoms with van der Waals surface area (Å²) in [6.45, 7) is 13.4. The molecule has 2 aromatic rings. The molecule has 0 saturated carbocycles. The minimum absolute atomic E-state index is 0.145. The highest BCUT2D eigenvalue weighted by molar-refractivity contribution is 5.71. The first-order valence-corrected chi connectivity index (χ1v) is 6.40. The third-order valence-electron chi connectivity index (χ3n) is 3.16. The Morgan fingerprint density at radius 1 is 1.35 bits per heavy atom. The van der Waals surface area contributed by atoms with Gasteiger partial charge in [-0.15, -0.1) is 0 Å². The maximum atomic E-state index is 10.5. The Morgan fingerprint density at radius 3 is 2.55 bits per heavy atom. The van der Waals surface area contributed by atoms with Crippen molar-refractivity contribution in [2.45, 2.75) is 26.2 Å². The normalized spacial score (nSPS) is 11.3. The zero-order valence-corrected chi connectivity index (χ0v) is 12.1. The van der Waals surface area contributed by atoms with E-state index in [2.05, 4.69) is 49.0 Å². The quantitative estimate of drug-likeness (QED) is 0.825. The smallest absolute Gasteiger partial charge is 0.177 e. The Hall–Kier alpha value is -2.36. The second-order valence-corrected chi connectivity index (χ2v) is 5.64. The Kier molecular flexibility index (Phi) is 3.49. The van der Waals surface area contributed by atoms with Gasteiger partial charge in [-0.3, -0.25) is 0 Å². The number of para-hydroxylation sites is 1. The van der Waals surface area contributed by atoms with Gasteiger partial charge in [0.2, 0.25) is 0 Å². The van der Waals surface area contributed by atoms with Crippen LogP contribution in [0.4, 0.5) is 5.82 Å². The number of hydrogen-bond acceptors (Lipinski definition) is 3. The number of nitrogens with one attached hydrogen (secondary N) is 1. The van der Waals surface area contributed by atoms with Crippen LogP contribution in [0.3, 0.4) is 0 Å². The van der Waals surface area contributed by atoms with Crippen molar-refractivity contribution in [3.8, 4) is 17.1 Å². The number of imidazole rings is 1. The lowest BCUT2D eigenvalue weighted by atomic mass is 9.85. The van der Waals surface area contributed by atoms with E-state index in [9.17, 15) is 5.11 Å². The summed E-state index contributed by atoms with van der Waals surface area (Å²) in [5, 5.41) is 10.5. The molecular weight excluding hydrogens is 250 g/mol. The molecule has 0 saturated heterocycles. The van der Waals surface area contributed by atoms with Gasteiger partial charge in [0.25, 0.3) is 0 Å². The fourth-order valence-electron chi connectivity index (χ4n) is 2.11. The van der Waals surface area contributed by atoms with E-state index in [1.165, 1.54) is 0 Å². The van der Waals surface area contributed by atoms with Gasteiger partial charge in [-0.2, -0.15) is 0 Å². The monoisotopic (exact) mass is 269 g/mol. The van der Waals surface area contributed by atoms with Crippen molar-refractivity contribution in [3.05, 3.63) is 36.0 Å². The van der Waals surface area contributed by atoms with Gasteiger partial charge < -0.3 is 10.1 Å². The molecule has 0 bridgehead atoms. The molecule has 1 aromatic carbocycles. The van der Waals surface area contributed by atoms with Crippen molar-refractivity contribution in [2.24, 2.45) is 4.99 Å². The second-order valence-electron chi connectivity index (χ2n) is 5.64. The van der Waals surface area contributed by atoms with Gasteiger partial charge in [0.1, 0.15) is 11.6 Å². The van der Waals surface area contributed by atoms with E-state index in [0.717, 1.165) is 5.56 Å². The van der Waals surface area contributed by atoms with Gasteiger partial charge >= 0.3 is 0 Å². The zero-order chi connectivity index (χ0) is 14.9. The average Bonchev–Trinajstić information content (AvgIpc) is 2.80. The summed E-state index contributed by atoms with van der Waals surface area (Å²) in [6, 6.07) is 5.65. The van der Waals surface area contributed by atoms with Crippen molar-refractivity contribution in [3.63, 3.8) is 0 Å². The molecule has 1 heterocycles. The maximum absolute atomic E-state index is 10.5. The second kappa shape index (κ2) is 4.96. The highest BCUT2D eigenvalue weighted by Crippen LogP contribution is 2.38. The first-order chi connectivity index (χ1) is 9.38. The van der Waals surface area contributed by atoms with Crippen LogP contribution in [0.2, 0.25) is 0 Å². The van der Waals surface area contributed by atoms with E-state index in [1.54, 1.807) is 6.08 Å². The summed E-state index contributed by atoms with van der Waals surface area (Å²) in [5.41, 5.74) is 2.07. The Labute approximate surface area is 118 Å². The molecule has 0 aliphatic rings. The largest absolute Gasteiger partial charge is 0.507 e. The Balaban J connectivity index is 2.62. The van der Waals surface area contributed by atoms with Crippen molar-refractivity contribution >= 4 is 18.6 Å². The van der Waals surface area contributed by atoms with Crippen LogP contribution >= 0.6 is 0 Å². The van der Waals surface area contributed by atoms with Crippen molar-refractivity contribution < 1.29 is 5.11 Å². The molecule has 1 aromatic heterocycles. The molecule has 0 aliphatic carbocycles. The lowest BCUT2D eigenvalue weighted by Crippen LogP contribution is -2.11. The summed E-state index contributed by atoms with van der Waals surface area (Å²) >= 11 is 0. The van der Waals surface area contributed by atoms with E-state index < -0.39 is 0 Å². The van der Waals surface area contributed by atoms with Gasteiger partial charge in [-0.1, -0.05) is 39.5 Å². The first kappa shape index (κ1) is 14.1. The van der Waals surface area contributed by atoms with Gasteiger partial charge in [0.15, 0.2) is 5.82 Å². The van der Waals surface area contributed by atoms with E-state index >= 15 is 0 Å². The third kappa shape index (κ3) is 2.37. The van der Waals surface area contributed by atoms with Gasteiger partial charge in [-0.25, -0.2) is 9.98 Å². The average molecular weight is 269 g/mol. The van der Waals surface area contributed by atoms with Crippen LogP contribution in [-0.2, 0) is 5.41 Å². The molecule has 0 spiro atoms. The predicted octanol–water partition coefficient (Wildman–Crippen LogP) is 4.05. The van der Waals surface area contributed by atoms with Crippen LogP contribution in [0.5, 0.6) is 5.75 Å². The number of aromatic hydroxyl groups is 1. The molecule has 2 rings (SSSR count). The van der Waals surface area contributed by atoms with Crippen molar-refractivity contribution in [1.82, 2.24) is 9.97 Å². The summed E-state index contributed by atoms with van der Waals surface area (Å²) in [6.07, 6.45) is 1.63. The summed E-state index contributed by atoms with van der Waals surface area (Å²) in [7, 11) is 0. The Bertz CT molecular complexity index is 637. The van der Waals surface area contributed by atoms with Crippen LogP contribution in [0.15, 0.2) is 29.8 Å². The van der Waals surface area contributed by atoms with Crippen LogP contribution < -0.4 is 0 Å². The van der Waals surface area contributed by atoms with Crippen LogP contribution in [-0.4, -0.2) is 21.8 Å². The molecule has 0 unspecified atom stereocenters. The van der Waals surface area contributed by atoms with E-state index in [4.69, 9.17) is 0 Å². The molecule has 0 atom stereocenters. The first-order valence-electron chi connectivity index (χ1n) is 6.40. The number of nitrogens with zero attached hydrogens (tertiary/aromatic N) is 2. The lowest BCUT2D eigenvalue weighted by Gasteiger charge is -2.21. The molecule has 4 heteroatoms. The molecule has 104 valence electrons. The predicted molar refractivity (Wildman–Crippen MR) is 83.7 cm³/mol. The molecule has 20 heavy (non-hydrogen) atoms. The summed E-state index contributed by atoms with van der Waals surface area (Å²) in [5.74, 6) is 1.28. The number of rotatable bonds is 3. The molecule has 0 amide bonds. The van der Waals surface area contributed by atoms with Crippen LogP contribution in [0, 0.1) is 0 Å². The molecule has 0 fully saturated rings. The highest BCUT2D eigenvalue weighted by atomic mass is 16.3. The van der Waals surface area contributed by atoms with E-state index in [-0.39, 0.29) is 11.2 Å². The van der Waals surface area contributed by atoms with E-state index in [0.29, 0.717) is 22.9 Å². The number of hydrogen-bond donors (Lipinski definition) is 2. The molecule has 4 nitrogen and oxygen atoms in total. The number of phenolic OH excluding ortho intramolecular Hbond substituents is 1. The standard InChI is InChI=1S/C16H19N3O/c1-6-12-15(17-5)19-14(18-12)10-8-7-9-11(13(10)20)16(2,3)4/h6-9,20H,1,5H2,2-4H3,(H,18,19). The van der Waals surface area contributed by atoms with Crippen molar-refractivity contribution in [2.75, 3.05) is 0 Å². The fraction of sp³-hybridized carbons (Fsp3) is 0.250. The third-order valence-corrected chi connectivity index (χ3v) is 3.16. The topological polar surface area (TPSA) is 61.3 Å². The summed E-state index contributed by atoms with van der Waals surface area (Å²) in [4.78, 5) is 11.3. The number of aromatic amines is 1. The Morgan fingerprint density at radius 2 is 2.05 bits per heavy atom. The number of aromatic nitrogens is 2. The minimum atomic E-state index is -0.145. The number of benzene rings is 1. The summed E-state index contributed by atoms with van der Waals surface area (Å²) < 4.78 is 0. The van der Waals surface area contributed by atoms with Crippen molar-refractivity contribution in [1.29, 1.82) is 0 Å². The molecule has 0 radical (unpaired) electrons. The molecule has 2 N–H and O–H groups in total. The van der Waals surface area contributed by atoms with Crippen LogP contribution in [0.25, 0.3) is 17.5 Å². The van der Waals surface area contributed by atoms with Gasteiger partial charge in [-0.05, 0) is 29.8 Å². The zero-order valence-electron chi connectivity index (χ0n) is 12.1. The lowest BCUT2D eigenvalue weighted by molar-refractivity contribution is 0.448. The van der Waals surface area contributed by atoms with Gasteiger partial charge in [0, 0.05) is 0 Å². The van der Waals surface area contributed by atoms with E-state index in [1.807, 2.05) is 18.2 Å².